The molecule has 23 heavy (non-hydrogen) atoms. The third kappa shape index (κ3) is 4.45. The van der Waals surface area contributed by atoms with E-state index in [9.17, 15) is 4.79 Å². The van der Waals surface area contributed by atoms with E-state index in [1.165, 1.54) is 17.3 Å². The van der Waals surface area contributed by atoms with Gasteiger partial charge in [0.15, 0.2) is 5.16 Å². The summed E-state index contributed by atoms with van der Waals surface area (Å²) in [6.07, 6.45) is 2.61. The van der Waals surface area contributed by atoms with Gasteiger partial charge in [-0.3, -0.25) is 4.79 Å². The van der Waals surface area contributed by atoms with Crippen LogP contribution in [0.25, 0.3) is 0 Å². The van der Waals surface area contributed by atoms with Crippen LogP contribution in [-0.4, -0.2) is 26.4 Å². The zero-order valence-electron chi connectivity index (χ0n) is 13.8. The van der Waals surface area contributed by atoms with Crippen LogP contribution in [-0.2, 0) is 17.8 Å². The average Bonchev–Trinajstić information content (AvgIpc) is 2.90. The summed E-state index contributed by atoms with van der Waals surface area (Å²) in [4.78, 5) is 12.2. The Bertz CT molecular complexity index is 709. The van der Waals surface area contributed by atoms with Gasteiger partial charge in [-0.25, -0.2) is 0 Å². The van der Waals surface area contributed by atoms with Crippen molar-refractivity contribution in [2.45, 2.75) is 38.9 Å². The molecule has 0 fully saturated rings. The van der Waals surface area contributed by atoms with Gasteiger partial charge >= 0.3 is 0 Å². The molecule has 0 spiro atoms. The third-order valence-electron chi connectivity index (χ3n) is 3.41. The maximum absolute atomic E-state index is 12.2. The minimum absolute atomic E-state index is 0.0480. The van der Waals surface area contributed by atoms with Gasteiger partial charge in [-0.2, -0.15) is 0 Å². The number of amides is 1. The standard InChI is InChI=1S/C17H22N4OS/c1-5-9-21-15(6-2)19-20-17(21)23-11-16(22)18-14-8-7-12(3)10-13(14)4/h5,7-8,10H,1,6,9,11H2,2-4H3,(H,18,22). The second-order valence-electron chi connectivity index (χ2n) is 5.31. The lowest BCUT2D eigenvalue weighted by molar-refractivity contribution is -0.113. The minimum Gasteiger partial charge on any atom is -0.325 e. The molecule has 0 saturated carbocycles. The van der Waals surface area contributed by atoms with Crippen molar-refractivity contribution in [2.24, 2.45) is 0 Å². The second kappa shape index (κ2) is 7.97. The first-order valence-corrected chi connectivity index (χ1v) is 8.56. The molecule has 0 aliphatic carbocycles. The Morgan fingerprint density at radius 1 is 1.39 bits per heavy atom. The molecule has 1 aromatic heterocycles. The predicted octanol–water partition coefficient (Wildman–Crippen LogP) is 3.37. The molecule has 1 heterocycles. The Balaban J connectivity index is 1.99. The topological polar surface area (TPSA) is 59.8 Å². The first-order valence-electron chi connectivity index (χ1n) is 7.58. The van der Waals surface area contributed by atoms with Crippen LogP contribution in [0.5, 0.6) is 0 Å². The van der Waals surface area contributed by atoms with Crippen molar-refractivity contribution in [3.8, 4) is 0 Å². The molecule has 2 aromatic rings. The lowest BCUT2D eigenvalue weighted by atomic mass is 10.1. The number of benzene rings is 1. The van der Waals surface area contributed by atoms with E-state index in [0.717, 1.165) is 28.7 Å². The number of aromatic nitrogens is 3. The quantitative estimate of drug-likeness (QED) is 0.624. The molecule has 0 aliphatic rings. The highest BCUT2D eigenvalue weighted by atomic mass is 32.2. The van der Waals surface area contributed by atoms with Gasteiger partial charge in [0.25, 0.3) is 0 Å². The van der Waals surface area contributed by atoms with Crippen molar-refractivity contribution < 1.29 is 4.79 Å². The van der Waals surface area contributed by atoms with E-state index >= 15 is 0 Å². The van der Waals surface area contributed by atoms with Crippen molar-refractivity contribution in [3.05, 3.63) is 47.8 Å². The summed E-state index contributed by atoms with van der Waals surface area (Å²) >= 11 is 1.39. The summed E-state index contributed by atoms with van der Waals surface area (Å²) in [6, 6.07) is 5.98. The monoisotopic (exact) mass is 330 g/mol. The molecule has 0 bridgehead atoms. The summed E-state index contributed by atoms with van der Waals surface area (Å²) in [5, 5.41) is 12.0. The Kier molecular flexibility index (Phi) is 5.98. The zero-order valence-corrected chi connectivity index (χ0v) is 14.6. The van der Waals surface area contributed by atoms with E-state index in [-0.39, 0.29) is 5.91 Å². The fraction of sp³-hybridized carbons (Fsp3) is 0.353. The molecule has 1 amide bonds. The molecule has 6 heteroatoms. The number of aryl methyl sites for hydroxylation is 3. The molecular formula is C17H22N4OS. The van der Waals surface area contributed by atoms with Crippen LogP contribution in [0.2, 0.25) is 0 Å². The number of anilines is 1. The lowest BCUT2D eigenvalue weighted by Gasteiger charge is -2.09. The van der Waals surface area contributed by atoms with Gasteiger partial charge in [0.05, 0.1) is 5.75 Å². The maximum Gasteiger partial charge on any atom is 0.234 e. The minimum atomic E-state index is -0.0480. The van der Waals surface area contributed by atoms with Gasteiger partial charge < -0.3 is 9.88 Å². The fourth-order valence-corrected chi connectivity index (χ4v) is 3.04. The SMILES string of the molecule is C=CCn1c(CC)nnc1SCC(=O)Nc1ccc(C)cc1C. The van der Waals surface area contributed by atoms with Gasteiger partial charge in [0.1, 0.15) is 5.82 Å². The van der Waals surface area contributed by atoms with Crippen LogP contribution in [0, 0.1) is 13.8 Å². The molecule has 0 aliphatic heterocycles. The van der Waals surface area contributed by atoms with Crippen LogP contribution in [0.15, 0.2) is 36.0 Å². The zero-order chi connectivity index (χ0) is 16.8. The van der Waals surface area contributed by atoms with Crippen molar-refractivity contribution >= 4 is 23.4 Å². The normalized spacial score (nSPS) is 10.6. The number of hydrogen-bond donors (Lipinski definition) is 1. The number of allylic oxidation sites excluding steroid dienone is 1. The van der Waals surface area contributed by atoms with Crippen molar-refractivity contribution in [1.29, 1.82) is 0 Å². The highest BCUT2D eigenvalue weighted by Crippen LogP contribution is 2.20. The average molecular weight is 330 g/mol. The summed E-state index contributed by atoms with van der Waals surface area (Å²) in [5.74, 6) is 1.15. The Morgan fingerprint density at radius 2 is 2.17 bits per heavy atom. The summed E-state index contributed by atoms with van der Waals surface area (Å²) in [6.45, 7) is 10.5. The number of carbonyl (C=O) groups is 1. The van der Waals surface area contributed by atoms with Crippen molar-refractivity contribution in [3.63, 3.8) is 0 Å². The number of nitrogens with one attached hydrogen (secondary N) is 1. The highest BCUT2D eigenvalue weighted by molar-refractivity contribution is 7.99. The van der Waals surface area contributed by atoms with E-state index < -0.39 is 0 Å². The number of nitrogens with zero attached hydrogens (tertiary/aromatic N) is 3. The molecule has 122 valence electrons. The molecular weight excluding hydrogens is 308 g/mol. The molecule has 5 nitrogen and oxygen atoms in total. The Morgan fingerprint density at radius 3 is 2.83 bits per heavy atom. The highest BCUT2D eigenvalue weighted by Gasteiger charge is 2.12. The third-order valence-corrected chi connectivity index (χ3v) is 4.38. The first-order chi connectivity index (χ1) is 11.0. The van der Waals surface area contributed by atoms with Crippen LogP contribution in [0.4, 0.5) is 5.69 Å². The Labute approximate surface area is 141 Å². The summed E-state index contributed by atoms with van der Waals surface area (Å²) < 4.78 is 1.99. The second-order valence-corrected chi connectivity index (χ2v) is 6.25. The first kappa shape index (κ1) is 17.3. The van der Waals surface area contributed by atoms with Crippen LogP contribution < -0.4 is 5.32 Å². The largest absolute Gasteiger partial charge is 0.325 e. The van der Waals surface area contributed by atoms with Crippen molar-refractivity contribution in [1.82, 2.24) is 14.8 Å². The van der Waals surface area contributed by atoms with E-state index in [0.29, 0.717) is 12.3 Å². The number of hydrogen-bond acceptors (Lipinski definition) is 4. The summed E-state index contributed by atoms with van der Waals surface area (Å²) in [7, 11) is 0. The van der Waals surface area contributed by atoms with Crippen LogP contribution in [0.1, 0.15) is 23.9 Å². The smallest absolute Gasteiger partial charge is 0.234 e. The van der Waals surface area contributed by atoms with E-state index in [2.05, 4.69) is 28.2 Å². The van der Waals surface area contributed by atoms with E-state index in [1.54, 1.807) is 0 Å². The number of thioether (sulfide) groups is 1. The molecule has 1 N–H and O–H groups in total. The van der Waals surface area contributed by atoms with E-state index in [4.69, 9.17) is 0 Å². The molecule has 2 rings (SSSR count). The van der Waals surface area contributed by atoms with Gasteiger partial charge in [0, 0.05) is 18.7 Å². The molecule has 0 radical (unpaired) electrons. The van der Waals surface area contributed by atoms with E-state index in [1.807, 2.05) is 43.5 Å². The Hall–Kier alpha value is -2.08. The van der Waals surface area contributed by atoms with Crippen molar-refractivity contribution in [2.75, 3.05) is 11.1 Å². The van der Waals surface area contributed by atoms with Gasteiger partial charge in [0.2, 0.25) is 5.91 Å². The number of rotatable bonds is 7. The fourth-order valence-electron chi connectivity index (χ4n) is 2.27. The number of carbonyl (C=O) groups excluding carboxylic acids is 1. The van der Waals surface area contributed by atoms with Crippen LogP contribution in [0.3, 0.4) is 0 Å². The van der Waals surface area contributed by atoms with Gasteiger partial charge in [-0.05, 0) is 25.5 Å². The summed E-state index contributed by atoms with van der Waals surface area (Å²) in [5.41, 5.74) is 3.09. The molecule has 0 unspecified atom stereocenters. The lowest BCUT2D eigenvalue weighted by Crippen LogP contribution is -2.15. The van der Waals surface area contributed by atoms with Gasteiger partial charge in [-0.15, -0.1) is 16.8 Å². The van der Waals surface area contributed by atoms with Crippen LogP contribution >= 0.6 is 11.8 Å². The predicted molar refractivity (Wildman–Crippen MR) is 94.9 cm³/mol. The molecule has 0 atom stereocenters. The molecule has 1 aromatic carbocycles. The van der Waals surface area contributed by atoms with Gasteiger partial charge in [-0.1, -0.05) is 42.5 Å². The molecule has 0 saturated heterocycles. The maximum atomic E-state index is 12.2.